The molecule has 0 unspecified atom stereocenters. The molecule has 7 heteroatoms. The molecule has 2 heterocycles. The van der Waals surface area contributed by atoms with Gasteiger partial charge in [0, 0.05) is 18.3 Å². The molecule has 3 rings (SSSR count). The number of carbonyl (C=O) groups is 1. The van der Waals surface area contributed by atoms with E-state index in [1.54, 1.807) is 19.1 Å². The molecular formula is C18H18F2N2O3. The Morgan fingerprint density at radius 2 is 2.04 bits per heavy atom. The summed E-state index contributed by atoms with van der Waals surface area (Å²) in [7, 11) is 0. The molecule has 0 saturated carbocycles. The number of nitrogens with zero attached hydrogens (tertiary/aromatic N) is 2. The number of carbonyl (C=O) groups excluding carboxylic acids is 1. The van der Waals surface area contributed by atoms with E-state index in [-0.39, 0.29) is 31.0 Å². The number of aliphatic hydroxyl groups excluding tert-OH is 1. The number of benzene rings is 1. The summed E-state index contributed by atoms with van der Waals surface area (Å²) >= 11 is 0. The van der Waals surface area contributed by atoms with Gasteiger partial charge >= 0.3 is 0 Å². The number of likely N-dealkylation sites (tertiary alicyclic amines) is 1. The van der Waals surface area contributed by atoms with Crippen LogP contribution in [0, 0.1) is 18.6 Å². The number of amides is 1. The molecule has 132 valence electrons. The standard InChI is InChI=1S/C18H18F2N2O3/c1-11-3-2-6-21(18(11)25)10-17(24)22-9-13(23)8-16(22)12-4-5-14(19)15(20)7-12/h2-7,13,16,23H,8-10H2,1H3/t13-,16-/m0/s1. The Bertz CT molecular complexity index is 866. The van der Waals surface area contributed by atoms with Gasteiger partial charge in [-0.1, -0.05) is 12.1 Å². The van der Waals surface area contributed by atoms with Crippen LogP contribution in [0.1, 0.15) is 23.6 Å². The highest BCUT2D eigenvalue weighted by Crippen LogP contribution is 2.33. The minimum absolute atomic E-state index is 0.0864. The summed E-state index contributed by atoms with van der Waals surface area (Å²) in [6, 6.07) is 6.22. The molecule has 1 aromatic carbocycles. The summed E-state index contributed by atoms with van der Waals surface area (Å²) in [6.45, 7) is 1.57. The van der Waals surface area contributed by atoms with Crippen LogP contribution in [0.25, 0.3) is 0 Å². The van der Waals surface area contributed by atoms with E-state index in [9.17, 15) is 23.5 Å². The number of rotatable bonds is 3. The van der Waals surface area contributed by atoms with Crippen molar-refractivity contribution in [3.8, 4) is 0 Å². The van der Waals surface area contributed by atoms with E-state index in [1.165, 1.54) is 21.7 Å². The lowest BCUT2D eigenvalue weighted by atomic mass is 10.0. The summed E-state index contributed by atoms with van der Waals surface area (Å²) in [5.41, 5.74) is 0.675. The molecule has 2 atom stereocenters. The van der Waals surface area contributed by atoms with Crippen molar-refractivity contribution in [1.29, 1.82) is 0 Å². The second kappa shape index (κ2) is 6.76. The number of hydrogen-bond acceptors (Lipinski definition) is 3. The van der Waals surface area contributed by atoms with Gasteiger partial charge in [0.15, 0.2) is 11.6 Å². The fourth-order valence-corrected chi connectivity index (χ4v) is 3.14. The first-order valence-electron chi connectivity index (χ1n) is 7.95. The van der Waals surface area contributed by atoms with Gasteiger partial charge in [-0.2, -0.15) is 0 Å². The van der Waals surface area contributed by atoms with Crippen LogP contribution in [0.2, 0.25) is 0 Å². The largest absolute Gasteiger partial charge is 0.391 e. The fraction of sp³-hybridized carbons (Fsp3) is 0.333. The molecule has 0 bridgehead atoms. The van der Waals surface area contributed by atoms with Gasteiger partial charge < -0.3 is 14.6 Å². The number of aliphatic hydroxyl groups is 1. The van der Waals surface area contributed by atoms with Gasteiger partial charge in [-0.25, -0.2) is 8.78 Å². The van der Waals surface area contributed by atoms with E-state index < -0.39 is 23.8 Å². The molecule has 1 saturated heterocycles. The van der Waals surface area contributed by atoms with Crippen LogP contribution in [0.15, 0.2) is 41.3 Å². The Morgan fingerprint density at radius 3 is 2.76 bits per heavy atom. The second-order valence-electron chi connectivity index (χ2n) is 6.25. The zero-order valence-corrected chi connectivity index (χ0v) is 13.7. The maximum absolute atomic E-state index is 13.5. The number of β-amino-alcohol motifs (C(OH)–C–C–N with tert-alkyl or cyclic N) is 1. The first kappa shape index (κ1) is 17.3. The second-order valence-corrected chi connectivity index (χ2v) is 6.25. The lowest BCUT2D eigenvalue weighted by molar-refractivity contribution is -0.133. The molecular weight excluding hydrogens is 330 g/mol. The molecule has 1 aliphatic rings. The Labute approximate surface area is 143 Å². The van der Waals surface area contributed by atoms with Gasteiger partial charge in [0.1, 0.15) is 6.54 Å². The van der Waals surface area contributed by atoms with Crippen molar-refractivity contribution in [2.75, 3.05) is 6.54 Å². The number of hydrogen-bond donors (Lipinski definition) is 1. The first-order chi connectivity index (χ1) is 11.9. The topological polar surface area (TPSA) is 62.5 Å². The lowest BCUT2D eigenvalue weighted by Gasteiger charge is -2.25. The maximum Gasteiger partial charge on any atom is 0.253 e. The van der Waals surface area contributed by atoms with Crippen LogP contribution in [0.4, 0.5) is 8.78 Å². The lowest BCUT2D eigenvalue weighted by Crippen LogP contribution is -2.37. The predicted molar refractivity (Wildman–Crippen MR) is 86.9 cm³/mol. The molecule has 2 aromatic rings. The van der Waals surface area contributed by atoms with Gasteiger partial charge in [-0.15, -0.1) is 0 Å². The normalized spacial score (nSPS) is 20.1. The summed E-state index contributed by atoms with van der Waals surface area (Å²) in [5, 5.41) is 9.94. The monoisotopic (exact) mass is 348 g/mol. The Balaban J connectivity index is 1.86. The zero-order chi connectivity index (χ0) is 18.1. The zero-order valence-electron chi connectivity index (χ0n) is 13.7. The van der Waals surface area contributed by atoms with E-state index in [0.29, 0.717) is 11.1 Å². The van der Waals surface area contributed by atoms with Crippen LogP contribution in [-0.4, -0.2) is 33.1 Å². The van der Waals surface area contributed by atoms with Gasteiger partial charge in [-0.3, -0.25) is 9.59 Å². The third-order valence-corrected chi connectivity index (χ3v) is 4.44. The van der Waals surface area contributed by atoms with Crippen molar-refractivity contribution in [2.45, 2.75) is 32.0 Å². The molecule has 1 fully saturated rings. The smallest absolute Gasteiger partial charge is 0.253 e. The Morgan fingerprint density at radius 1 is 1.28 bits per heavy atom. The number of aromatic nitrogens is 1. The number of pyridine rings is 1. The van der Waals surface area contributed by atoms with Gasteiger partial charge in [0.05, 0.1) is 12.1 Å². The van der Waals surface area contributed by atoms with Crippen molar-refractivity contribution in [2.24, 2.45) is 0 Å². The predicted octanol–water partition coefficient (Wildman–Crippen LogP) is 1.77. The molecule has 5 nitrogen and oxygen atoms in total. The maximum atomic E-state index is 13.5. The molecule has 0 aliphatic carbocycles. The van der Waals surface area contributed by atoms with E-state index >= 15 is 0 Å². The first-order valence-corrected chi connectivity index (χ1v) is 7.95. The molecule has 25 heavy (non-hydrogen) atoms. The van der Waals surface area contributed by atoms with Crippen molar-refractivity contribution in [1.82, 2.24) is 9.47 Å². The average molecular weight is 348 g/mol. The van der Waals surface area contributed by atoms with Crippen molar-refractivity contribution in [3.63, 3.8) is 0 Å². The molecule has 0 radical (unpaired) electrons. The SMILES string of the molecule is Cc1cccn(CC(=O)N2C[C@@H](O)C[C@H]2c2ccc(F)c(F)c2)c1=O. The van der Waals surface area contributed by atoms with Crippen LogP contribution in [0.3, 0.4) is 0 Å². The minimum Gasteiger partial charge on any atom is -0.391 e. The van der Waals surface area contributed by atoms with Gasteiger partial charge in [-0.05, 0) is 37.1 Å². The third-order valence-electron chi connectivity index (χ3n) is 4.44. The van der Waals surface area contributed by atoms with Crippen molar-refractivity contribution < 1.29 is 18.7 Å². The van der Waals surface area contributed by atoms with Crippen LogP contribution < -0.4 is 5.56 Å². The average Bonchev–Trinajstić information content (AvgIpc) is 2.96. The fourth-order valence-electron chi connectivity index (χ4n) is 3.14. The van der Waals surface area contributed by atoms with Crippen LogP contribution in [-0.2, 0) is 11.3 Å². The quantitative estimate of drug-likeness (QED) is 0.920. The van der Waals surface area contributed by atoms with Gasteiger partial charge in [0.2, 0.25) is 5.91 Å². The molecule has 1 aromatic heterocycles. The molecule has 1 amide bonds. The number of aryl methyl sites for hydroxylation is 1. The van der Waals surface area contributed by atoms with Gasteiger partial charge in [0.25, 0.3) is 5.56 Å². The highest BCUT2D eigenvalue weighted by atomic mass is 19.2. The van der Waals surface area contributed by atoms with Crippen LogP contribution in [0.5, 0.6) is 0 Å². The molecule has 1 aliphatic heterocycles. The molecule has 1 N–H and O–H groups in total. The number of halogens is 2. The molecule has 0 spiro atoms. The highest BCUT2D eigenvalue weighted by molar-refractivity contribution is 5.77. The third kappa shape index (κ3) is 3.46. The van der Waals surface area contributed by atoms with E-state index in [1.807, 2.05) is 0 Å². The summed E-state index contributed by atoms with van der Waals surface area (Å²) < 4.78 is 28.0. The van der Waals surface area contributed by atoms with E-state index in [4.69, 9.17) is 0 Å². The summed E-state index contributed by atoms with van der Waals surface area (Å²) in [5.74, 6) is -2.33. The minimum atomic E-state index is -0.999. The van der Waals surface area contributed by atoms with Crippen molar-refractivity contribution >= 4 is 5.91 Å². The van der Waals surface area contributed by atoms with E-state index in [0.717, 1.165) is 12.1 Å². The summed E-state index contributed by atoms with van der Waals surface area (Å²) in [6.07, 6.45) is 1.00. The Hall–Kier alpha value is -2.54. The summed E-state index contributed by atoms with van der Waals surface area (Å²) in [4.78, 5) is 26.1. The van der Waals surface area contributed by atoms with E-state index in [2.05, 4.69) is 0 Å². The Kier molecular flexibility index (Phi) is 4.67. The van der Waals surface area contributed by atoms with Crippen LogP contribution >= 0.6 is 0 Å². The van der Waals surface area contributed by atoms with Crippen molar-refractivity contribution in [3.05, 3.63) is 69.6 Å². The highest BCUT2D eigenvalue weighted by Gasteiger charge is 2.35.